The molecule has 2 aromatic rings. The summed E-state index contributed by atoms with van der Waals surface area (Å²) in [4.78, 5) is 23.9. The van der Waals surface area contributed by atoms with Crippen LogP contribution >= 0.6 is 0 Å². The van der Waals surface area contributed by atoms with Gasteiger partial charge in [-0.05, 0) is 49.8 Å². The molecule has 2 atom stereocenters. The molecule has 1 aromatic heterocycles. The van der Waals surface area contributed by atoms with Crippen molar-refractivity contribution in [3.05, 3.63) is 30.5 Å². The lowest BCUT2D eigenvalue weighted by Gasteiger charge is -2.14. The molecule has 0 fully saturated rings. The van der Waals surface area contributed by atoms with Crippen LogP contribution in [-0.2, 0) is 16.1 Å². The van der Waals surface area contributed by atoms with Gasteiger partial charge in [0.2, 0.25) is 0 Å². The van der Waals surface area contributed by atoms with Gasteiger partial charge in [-0.3, -0.25) is 9.59 Å². The first-order valence-corrected chi connectivity index (χ1v) is 8.26. The van der Waals surface area contributed by atoms with Crippen LogP contribution in [0.2, 0.25) is 0 Å². The molecule has 0 aliphatic heterocycles. The minimum atomic E-state index is -0.687. The lowest BCUT2D eigenvalue weighted by atomic mass is 10.0. The molecule has 0 saturated carbocycles. The zero-order chi connectivity index (χ0) is 17.7. The molecule has 0 spiro atoms. The average molecular weight is 331 g/mol. The molecule has 6 heteroatoms. The number of carbonyl (C=O) groups is 2. The first-order valence-electron chi connectivity index (χ1n) is 8.26. The number of nitrogens with zero attached hydrogens (tertiary/aromatic N) is 1. The van der Waals surface area contributed by atoms with Crippen molar-refractivity contribution in [2.75, 3.05) is 11.9 Å². The van der Waals surface area contributed by atoms with E-state index >= 15 is 0 Å². The molecule has 2 amide bonds. The van der Waals surface area contributed by atoms with Crippen molar-refractivity contribution in [2.24, 2.45) is 5.92 Å². The normalized spacial score (nSPS) is 13.5. The van der Waals surface area contributed by atoms with E-state index in [1.165, 1.54) is 0 Å². The number of benzene rings is 1. The van der Waals surface area contributed by atoms with Gasteiger partial charge in [-0.25, -0.2) is 0 Å². The smallest absolute Gasteiger partial charge is 0.313 e. The molecular weight excluding hydrogens is 306 g/mol. The number of nitrogens with one attached hydrogen (secondary N) is 2. The highest BCUT2D eigenvalue weighted by Crippen LogP contribution is 2.20. The minimum absolute atomic E-state index is 0.103. The van der Waals surface area contributed by atoms with Gasteiger partial charge in [0.1, 0.15) is 0 Å². The summed E-state index contributed by atoms with van der Waals surface area (Å²) < 4.78 is 2.07. The lowest BCUT2D eigenvalue weighted by Crippen LogP contribution is -2.38. The average Bonchev–Trinajstić information content (AvgIpc) is 2.94. The fourth-order valence-corrected chi connectivity index (χ4v) is 2.74. The van der Waals surface area contributed by atoms with Crippen LogP contribution in [0.15, 0.2) is 30.5 Å². The Morgan fingerprint density at radius 2 is 1.96 bits per heavy atom. The van der Waals surface area contributed by atoms with Gasteiger partial charge in [-0.1, -0.05) is 13.0 Å². The van der Waals surface area contributed by atoms with Crippen molar-refractivity contribution in [1.29, 1.82) is 0 Å². The van der Waals surface area contributed by atoms with Gasteiger partial charge >= 0.3 is 11.8 Å². The largest absolute Gasteiger partial charge is 0.393 e. The fraction of sp³-hybridized carbons (Fsp3) is 0.444. The molecular formula is C18H25N3O3. The maximum atomic E-state index is 12.0. The van der Waals surface area contributed by atoms with E-state index in [4.69, 9.17) is 0 Å². The number of aliphatic hydroxyl groups is 1. The van der Waals surface area contributed by atoms with Crippen LogP contribution in [0.4, 0.5) is 5.69 Å². The Bertz CT molecular complexity index is 721. The van der Waals surface area contributed by atoms with Crippen LogP contribution in [0.5, 0.6) is 0 Å². The van der Waals surface area contributed by atoms with E-state index in [0.717, 1.165) is 17.4 Å². The van der Waals surface area contributed by atoms with Crippen molar-refractivity contribution in [3.63, 3.8) is 0 Å². The van der Waals surface area contributed by atoms with Crippen molar-refractivity contribution in [2.45, 2.75) is 39.8 Å². The van der Waals surface area contributed by atoms with Crippen molar-refractivity contribution < 1.29 is 14.7 Å². The number of anilines is 1. The Hall–Kier alpha value is -2.34. The first-order chi connectivity index (χ1) is 11.4. The fourth-order valence-electron chi connectivity index (χ4n) is 2.74. The van der Waals surface area contributed by atoms with Gasteiger partial charge in [0.25, 0.3) is 0 Å². The first kappa shape index (κ1) is 18.0. The number of fused-ring (bicyclic) bond motifs is 1. The van der Waals surface area contributed by atoms with Gasteiger partial charge in [0, 0.05) is 25.0 Å². The van der Waals surface area contributed by atoms with E-state index in [1.807, 2.05) is 38.2 Å². The lowest BCUT2D eigenvalue weighted by molar-refractivity contribution is -0.136. The van der Waals surface area contributed by atoms with Crippen molar-refractivity contribution in [1.82, 2.24) is 9.88 Å². The molecule has 3 N–H and O–H groups in total. The predicted octanol–water partition coefficient (Wildman–Crippen LogP) is 2.12. The van der Waals surface area contributed by atoms with Crippen LogP contribution in [0.1, 0.15) is 27.2 Å². The van der Waals surface area contributed by atoms with E-state index < -0.39 is 17.9 Å². The standard InChI is InChI=1S/C18H25N3O3/c1-4-21-8-7-14-5-6-15(10-16(14)21)20-18(24)17(23)19-11-12(2)9-13(3)22/h5-8,10,12-13,22H,4,9,11H2,1-3H3,(H,19,23)(H,20,24). The third-order valence-electron chi connectivity index (χ3n) is 3.93. The molecule has 0 radical (unpaired) electrons. The molecule has 24 heavy (non-hydrogen) atoms. The van der Waals surface area contributed by atoms with E-state index in [-0.39, 0.29) is 5.92 Å². The molecule has 6 nitrogen and oxygen atoms in total. The number of carbonyl (C=O) groups excluding carboxylic acids is 2. The number of amides is 2. The number of hydrogen-bond acceptors (Lipinski definition) is 3. The zero-order valence-electron chi connectivity index (χ0n) is 14.4. The van der Waals surface area contributed by atoms with Gasteiger partial charge in [0.05, 0.1) is 11.6 Å². The Morgan fingerprint density at radius 1 is 1.21 bits per heavy atom. The molecule has 1 heterocycles. The molecule has 0 bridgehead atoms. The van der Waals surface area contributed by atoms with Gasteiger partial charge < -0.3 is 20.3 Å². The summed E-state index contributed by atoms with van der Waals surface area (Å²) in [6.45, 7) is 6.86. The summed E-state index contributed by atoms with van der Waals surface area (Å²) in [6.07, 6.45) is 2.14. The van der Waals surface area contributed by atoms with Crippen LogP contribution in [-0.4, -0.2) is 34.1 Å². The van der Waals surface area contributed by atoms with Crippen molar-refractivity contribution in [3.8, 4) is 0 Å². The maximum absolute atomic E-state index is 12.0. The molecule has 1 aromatic carbocycles. The molecule has 2 unspecified atom stereocenters. The van der Waals surface area contributed by atoms with Crippen LogP contribution in [0.25, 0.3) is 10.9 Å². The monoisotopic (exact) mass is 331 g/mol. The summed E-state index contributed by atoms with van der Waals surface area (Å²) in [7, 11) is 0. The highest BCUT2D eigenvalue weighted by molar-refractivity contribution is 6.39. The summed E-state index contributed by atoms with van der Waals surface area (Å²) in [5, 5.41) is 15.6. The number of hydrogen-bond donors (Lipinski definition) is 3. The van der Waals surface area contributed by atoms with E-state index in [2.05, 4.69) is 15.2 Å². The topological polar surface area (TPSA) is 83.4 Å². The molecule has 130 valence electrons. The van der Waals surface area contributed by atoms with Gasteiger partial charge in [0.15, 0.2) is 0 Å². The SMILES string of the molecule is CCn1ccc2ccc(NC(=O)C(=O)NCC(C)CC(C)O)cc21. The number of rotatable bonds is 6. The van der Waals surface area contributed by atoms with E-state index in [0.29, 0.717) is 18.7 Å². The van der Waals surface area contributed by atoms with Crippen LogP contribution < -0.4 is 10.6 Å². The second-order valence-electron chi connectivity index (χ2n) is 6.23. The zero-order valence-corrected chi connectivity index (χ0v) is 14.4. The second-order valence-corrected chi connectivity index (χ2v) is 6.23. The summed E-state index contributed by atoms with van der Waals surface area (Å²) in [5.41, 5.74) is 1.61. The highest BCUT2D eigenvalue weighted by Gasteiger charge is 2.15. The Kier molecular flexibility index (Phi) is 5.98. The summed E-state index contributed by atoms with van der Waals surface area (Å²) in [6, 6.07) is 7.57. The number of aliphatic hydroxyl groups excluding tert-OH is 1. The molecule has 0 saturated heterocycles. The Labute approximate surface area is 141 Å². The third kappa shape index (κ3) is 4.58. The summed E-state index contributed by atoms with van der Waals surface area (Å²) in [5.74, 6) is -1.25. The Morgan fingerprint density at radius 3 is 2.62 bits per heavy atom. The predicted molar refractivity (Wildman–Crippen MR) is 94.7 cm³/mol. The van der Waals surface area contributed by atoms with Crippen LogP contribution in [0, 0.1) is 5.92 Å². The molecule has 2 rings (SSSR count). The molecule has 0 aliphatic rings. The quantitative estimate of drug-likeness (QED) is 0.709. The summed E-state index contributed by atoms with van der Waals surface area (Å²) >= 11 is 0. The second kappa shape index (κ2) is 7.97. The number of aromatic nitrogens is 1. The Balaban J connectivity index is 1.95. The third-order valence-corrected chi connectivity index (χ3v) is 3.93. The van der Waals surface area contributed by atoms with Crippen LogP contribution in [0.3, 0.4) is 0 Å². The maximum Gasteiger partial charge on any atom is 0.313 e. The van der Waals surface area contributed by atoms with Crippen molar-refractivity contribution >= 4 is 28.4 Å². The van der Waals surface area contributed by atoms with Gasteiger partial charge in [-0.15, -0.1) is 0 Å². The van der Waals surface area contributed by atoms with Gasteiger partial charge in [-0.2, -0.15) is 0 Å². The highest BCUT2D eigenvalue weighted by atomic mass is 16.3. The van der Waals surface area contributed by atoms with E-state index in [1.54, 1.807) is 13.0 Å². The minimum Gasteiger partial charge on any atom is -0.393 e. The van der Waals surface area contributed by atoms with E-state index in [9.17, 15) is 14.7 Å². The molecule has 0 aliphatic carbocycles. The number of aryl methyl sites for hydroxylation is 1.